The van der Waals surface area contributed by atoms with Gasteiger partial charge in [-0.05, 0) is 32.0 Å². The number of carbonyl (C=O) groups is 1. The van der Waals surface area contributed by atoms with Crippen molar-refractivity contribution < 1.29 is 4.79 Å². The predicted molar refractivity (Wildman–Crippen MR) is 88.1 cm³/mol. The smallest absolute Gasteiger partial charge is 0.242 e. The lowest BCUT2D eigenvalue weighted by atomic mass is 9.86. The molecule has 1 amide bonds. The minimum absolute atomic E-state index is 0.312. The van der Waals surface area contributed by atoms with Gasteiger partial charge in [-0.3, -0.25) is 10.1 Å². The molecule has 1 unspecified atom stereocenters. The Morgan fingerprint density at radius 2 is 1.76 bits per heavy atom. The van der Waals surface area contributed by atoms with Crippen molar-refractivity contribution in [2.24, 2.45) is 5.73 Å². The highest BCUT2D eigenvalue weighted by atomic mass is 16.1. The van der Waals surface area contributed by atoms with Gasteiger partial charge >= 0.3 is 0 Å². The molecule has 0 aliphatic carbocycles. The van der Waals surface area contributed by atoms with Crippen molar-refractivity contribution in [3.05, 3.63) is 35.4 Å². The summed E-state index contributed by atoms with van der Waals surface area (Å²) in [5.41, 5.74) is 7.07. The monoisotopic (exact) mass is 291 g/mol. The van der Waals surface area contributed by atoms with E-state index in [0.717, 1.165) is 31.7 Å². The number of hydrogen-bond acceptors (Lipinski definition) is 3. The maximum absolute atomic E-state index is 12.1. The van der Waals surface area contributed by atoms with Gasteiger partial charge in [0.1, 0.15) is 5.54 Å². The zero-order chi connectivity index (χ0) is 15.9. The van der Waals surface area contributed by atoms with Gasteiger partial charge in [-0.15, -0.1) is 0 Å². The van der Waals surface area contributed by atoms with Crippen LogP contribution in [0.5, 0.6) is 0 Å². The van der Waals surface area contributed by atoms with E-state index in [2.05, 4.69) is 24.1 Å². The van der Waals surface area contributed by atoms with E-state index in [1.165, 1.54) is 5.56 Å². The molecule has 0 heterocycles. The Morgan fingerprint density at radius 3 is 2.19 bits per heavy atom. The maximum Gasteiger partial charge on any atom is 0.242 e. The van der Waals surface area contributed by atoms with Crippen LogP contribution in [-0.2, 0) is 10.3 Å². The van der Waals surface area contributed by atoms with Crippen LogP contribution in [0.1, 0.15) is 38.3 Å². The Balaban J connectivity index is 2.89. The third kappa shape index (κ3) is 4.29. The number of carbonyl (C=O) groups excluding carboxylic acids is 1. The summed E-state index contributed by atoms with van der Waals surface area (Å²) in [6.07, 6.45) is 0.643. The number of nitrogens with one attached hydrogen (secondary N) is 1. The minimum atomic E-state index is -0.777. The van der Waals surface area contributed by atoms with E-state index in [1.54, 1.807) is 0 Å². The Labute approximate surface area is 128 Å². The molecule has 0 saturated heterocycles. The Bertz CT molecular complexity index is 440. The summed E-state index contributed by atoms with van der Waals surface area (Å²) in [5.74, 6) is -0.312. The van der Waals surface area contributed by atoms with Crippen LogP contribution >= 0.6 is 0 Å². The van der Waals surface area contributed by atoms with Gasteiger partial charge in [-0.2, -0.15) is 0 Å². The molecule has 3 N–H and O–H groups in total. The first-order valence-electron chi connectivity index (χ1n) is 7.84. The van der Waals surface area contributed by atoms with Gasteiger partial charge < -0.3 is 10.6 Å². The molecule has 1 atom stereocenters. The lowest BCUT2D eigenvalue weighted by Crippen LogP contribution is -2.54. The number of nitrogens with two attached hydrogens (primary N) is 1. The van der Waals surface area contributed by atoms with Gasteiger partial charge in [0.15, 0.2) is 0 Å². The van der Waals surface area contributed by atoms with E-state index < -0.39 is 5.54 Å². The van der Waals surface area contributed by atoms with Crippen molar-refractivity contribution in [1.82, 2.24) is 10.2 Å². The van der Waals surface area contributed by atoms with Crippen molar-refractivity contribution in [3.8, 4) is 0 Å². The fourth-order valence-corrected chi connectivity index (χ4v) is 2.64. The highest BCUT2D eigenvalue weighted by Gasteiger charge is 2.36. The molecule has 0 aromatic heterocycles. The molecule has 1 rings (SSSR count). The molecule has 21 heavy (non-hydrogen) atoms. The quantitative estimate of drug-likeness (QED) is 0.732. The summed E-state index contributed by atoms with van der Waals surface area (Å²) in [6, 6.07) is 8.03. The molecule has 0 aliphatic rings. The van der Waals surface area contributed by atoms with Crippen molar-refractivity contribution in [3.63, 3.8) is 0 Å². The Morgan fingerprint density at radius 1 is 1.19 bits per heavy atom. The standard InChI is InChI=1S/C17H29N3O/c1-5-17(16(18)21,15-10-8-14(4)9-11-15)19-12-13-20(6-2)7-3/h8-11,19H,5-7,12-13H2,1-4H3,(H2,18,21). The average Bonchev–Trinajstić information content (AvgIpc) is 2.49. The number of rotatable bonds is 9. The Kier molecular flexibility index (Phi) is 6.85. The lowest BCUT2D eigenvalue weighted by Gasteiger charge is -2.32. The first kappa shape index (κ1) is 17.7. The van der Waals surface area contributed by atoms with Crippen molar-refractivity contribution >= 4 is 5.91 Å². The molecule has 0 spiro atoms. The minimum Gasteiger partial charge on any atom is -0.368 e. The molecular weight excluding hydrogens is 262 g/mol. The topological polar surface area (TPSA) is 58.4 Å². The summed E-state index contributed by atoms with van der Waals surface area (Å²) in [7, 11) is 0. The number of likely N-dealkylation sites (N-methyl/N-ethyl adjacent to an activating group) is 1. The van der Waals surface area contributed by atoms with Gasteiger partial charge in [0.2, 0.25) is 5.91 Å². The maximum atomic E-state index is 12.1. The van der Waals surface area contributed by atoms with Gasteiger partial charge in [0.05, 0.1) is 0 Å². The number of aryl methyl sites for hydroxylation is 1. The first-order chi connectivity index (χ1) is 10.00. The summed E-state index contributed by atoms with van der Waals surface area (Å²) in [4.78, 5) is 14.4. The normalized spacial score (nSPS) is 14.1. The van der Waals surface area contributed by atoms with Crippen LogP contribution in [0.15, 0.2) is 24.3 Å². The van der Waals surface area contributed by atoms with Crippen LogP contribution in [-0.4, -0.2) is 37.0 Å². The van der Waals surface area contributed by atoms with Gasteiger partial charge in [0.25, 0.3) is 0 Å². The number of benzene rings is 1. The van der Waals surface area contributed by atoms with E-state index in [1.807, 2.05) is 38.1 Å². The van der Waals surface area contributed by atoms with Crippen LogP contribution < -0.4 is 11.1 Å². The van der Waals surface area contributed by atoms with E-state index in [0.29, 0.717) is 6.42 Å². The van der Waals surface area contributed by atoms with Gasteiger partial charge in [-0.1, -0.05) is 50.6 Å². The van der Waals surface area contributed by atoms with Gasteiger partial charge in [0, 0.05) is 13.1 Å². The molecule has 4 heteroatoms. The van der Waals surface area contributed by atoms with Gasteiger partial charge in [-0.25, -0.2) is 0 Å². The Hall–Kier alpha value is -1.39. The molecule has 0 radical (unpaired) electrons. The summed E-state index contributed by atoms with van der Waals surface area (Å²) in [6.45, 7) is 12.0. The average molecular weight is 291 g/mol. The number of amides is 1. The van der Waals surface area contributed by atoms with E-state index in [9.17, 15) is 4.79 Å². The van der Waals surface area contributed by atoms with E-state index in [-0.39, 0.29) is 5.91 Å². The molecule has 118 valence electrons. The third-order valence-electron chi connectivity index (χ3n) is 4.24. The van der Waals surface area contributed by atoms with Crippen molar-refractivity contribution in [2.45, 2.75) is 39.7 Å². The largest absolute Gasteiger partial charge is 0.368 e. The highest BCUT2D eigenvalue weighted by molar-refractivity contribution is 5.86. The van der Waals surface area contributed by atoms with Crippen LogP contribution in [0.2, 0.25) is 0 Å². The fourth-order valence-electron chi connectivity index (χ4n) is 2.64. The van der Waals surface area contributed by atoms with E-state index in [4.69, 9.17) is 5.73 Å². The molecule has 4 nitrogen and oxygen atoms in total. The van der Waals surface area contributed by atoms with Crippen LogP contribution in [0.25, 0.3) is 0 Å². The highest BCUT2D eigenvalue weighted by Crippen LogP contribution is 2.25. The zero-order valence-corrected chi connectivity index (χ0v) is 13.8. The molecule has 0 saturated carbocycles. The second-order valence-electron chi connectivity index (χ2n) is 5.44. The molecular formula is C17H29N3O. The number of primary amides is 1. The molecule has 1 aromatic carbocycles. The zero-order valence-electron chi connectivity index (χ0n) is 13.8. The molecule has 0 fully saturated rings. The second kappa shape index (κ2) is 8.15. The van der Waals surface area contributed by atoms with Crippen LogP contribution in [0, 0.1) is 6.92 Å². The lowest BCUT2D eigenvalue weighted by molar-refractivity contribution is -0.125. The summed E-state index contributed by atoms with van der Waals surface area (Å²) >= 11 is 0. The SMILES string of the molecule is CCN(CC)CCNC(CC)(C(N)=O)c1ccc(C)cc1. The molecule has 0 bridgehead atoms. The second-order valence-corrected chi connectivity index (χ2v) is 5.44. The number of nitrogens with zero attached hydrogens (tertiary/aromatic N) is 1. The summed E-state index contributed by atoms with van der Waals surface area (Å²) in [5, 5.41) is 3.40. The summed E-state index contributed by atoms with van der Waals surface area (Å²) < 4.78 is 0. The fraction of sp³-hybridized carbons (Fsp3) is 0.588. The first-order valence-corrected chi connectivity index (χ1v) is 7.84. The molecule has 0 aliphatic heterocycles. The third-order valence-corrected chi connectivity index (χ3v) is 4.24. The van der Waals surface area contributed by atoms with Crippen LogP contribution in [0.4, 0.5) is 0 Å². The number of hydrogen-bond donors (Lipinski definition) is 2. The van der Waals surface area contributed by atoms with Crippen molar-refractivity contribution in [1.29, 1.82) is 0 Å². The van der Waals surface area contributed by atoms with Crippen molar-refractivity contribution in [2.75, 3.05) is 26.2 Å². The predicted octanol–water partition coefficient (Wildman–Crippen LogP) is 2.02. The van der Waals surface area contributed by atoms with E-state index >= 15 is 0 Å². The molecule has 1 aromatic rings. The van der Waals surface area contributed by atoms with Crippen LogP contribution in [0.3, 0.4) is 0 Å².